The van der Waals surface area contributed by atoms with Gasteiger partial charge in [0.1, 0.15) is 0 Å². The van der Waals surface area contributed by atoms with Crippen LogP contribution in [0.25, 0.3) is 0 Å². The average molecular weight is 669 g/mol. The predicted octanol–water partition coefficient (Wildman–Crippen LogP) is 3.62. The zero-order chi connectivity index (χ0) is 30.8. The summed E-state index contributed by atoms with van der Waals surface area (Å²) < 4.78 is 52.4. The van der Waals surface area contributed by atoms with Gasteiger partial charge in [0, 0.05) is 57.6 Å². The Morgan fingerprint density at radius 1 is 1.14 bits per heavy atom. The Morgan fingerprint density at radius 2 is 1.80 bits per heavy atom. The van der Waals surface area contributed by atoms with Crippen LogP contribution in [0.1, 0.15) is 42.4 Å². The molecule has 44 heavy (non-hydrogen) atoms. The maximum absolute atomic E-state index is 13.7. The van der Waals surface area contributed by atoms with Gasteiger partial charge in [-0.3, -0.25) is 9.59 Å². The van der Waals surface area contributed by atoms with E-state index in [0.717, 1.165) is 17.8 Å². The second-order valence-corrected chi connectivity index (χ2v) is 10.7. The number of methoxy groups -OCH3 is 1. The lowest BCUT2D eigenvalue weighted by Gasteiger charge is -2.35. The molecule has 1 fully saturated rings. The third kappa shape index (κ3) is 7.75. The van der Waals surface area contributed by atoms with Crippen molar-refractivity contribution < 1.29 is 37.0 Å². The monoisotopic (exact) mass is 667 g/mol. The van der Waals surface area contributed by atoms with Gasteiger partial charge in [-0.25, -0.2) is 4.79 Å². The number of alkyl halides is 3. The van der Waals surface area contributed by atoms with Crippen molar-refractivity contribution in [3.05, 3.63) is 35.0 Å². The summed E-state index contributed by atoms with van der Waals surface area (Å²) >= 11 is 0. The van der Waals surface area contributed by atoms with Crippen molar-refractivity contribution in [3.8, 4) is 0 Å². The summed E-state index contributed by atoms with van der Waals surface area (Å²) in [6, 6.07) is 4.46. The number of aromatic nitrogens is 2. The number of amides is 2. The van der Waals surface area contributed by atoms with Crippen molar-refractivity contribution in [2.75, 3.05) is 75.2 Å². The SMILES string of the molecule is CCOC(=O)n1nc(NC(=O)c2ccc(N3CCN(C)CC3)cc2N(CCOC)C(=O)C(F)(F)F)c2c1C(C)(C)NC2.Cl.Cl. The molecule has 2 aromatic rings. The van der Waals surface area contributed by atoms with Gasteiger partial charge in [0.2, 0.25) is 0 Å². The van der Waals surface area contributed by atoms with Crippen LogP contribution in [0.15, 0.2) is 18.2 Å². The number of halogens is 5. The smallest absolute Gasteiger partial charge is 0.448 e. The molecular formula is C27H38Cl2F3N7O5. The fourth-order valence-corrected chi connectivity index (χ4v) is 5.11. The van der Waals surface area contributed by atoms with Gasteiger partial charge in [0.15, 0.2) is 5.82 Å². The number of nitrogens with zero attached hydrogens (tertiary/aromatic N) is 5. The number of hydrogen-bond acceptors (Lipinski definition) is 9. The number of nitrogens with one attached hydrogen (secondary N) is 2. The lowest BCUT2D eigenvalue weighted by Crippen LogP contribution is -2.45. The molecule has 17 heteroatoms. The van der Waals surface area contributed by atoms with Gasteiger partial charge in [-0.05, 0) is 46.0 Å². The van der Waals surface area contributed by atoms with Gasteiger partial charge in [0.25, 0.3) is 5.91 Å². The Kier molecular flexibility index (Phi) is 12.5. The molecule has 246 valence electrons. The lowest BCUT2D eigenvalue weighted by atomic mass is 10.0. The highest BCUT2D eigenvalue weighted by molar-refractivity contribution is 6.11. The van der Waals surface area contributed by atoms with Crippen LogP contribution >= 0.6 is 24.8 Å². The normalized spacial score (nSPS) is 16.0. The first kappa shape index (κ1) is 37.1. The minimum Gasteiger partial charge on any atom is -0.448 e. The van der Waals surface area contributed by atoms with Crippen LogP contribution in [0.3, 0.4) is 0 Å². The number of anilines is 3. The molecule has 0 atom stereocenters. The number of fused-ring (bicyclic) bond motifs is 1. The van der Waals surface area contributed by atoms with E-state index < -0.39 is 36.2 Å². The number of rotatable bonds is 8. The number of piperazine rings is 1. The summed E-state index contributed by atoms with van der Waals surface area (Å²) in [7, 11) is 3.28. The number of hydrogen-bond donors (Lipinski definition) is 2. The van der Waals surface area contributed by atoms with Crippen molar-refractivity contribution in [1.82, 2.24) is 20.0 Å². The second-order valence-electron chi connectivity index (χ2n) is 10.7. The standard InChI is InChI=1S/C27H36F3N7O5.2ClH/c1-6-42-25(40)37-21-19(16-31-26(21,2)3)22(33-37)32-23(38)18-8-7-17(35-11-9-34(4)10-12-35)15-20(18)36(13-14-41-5)24(39)27(28,29)30;;/h7-8,15,31H,6,9-14,16H2,1-5H3,(H,32,33,38);2*1H. The van der Waals surface area contributed by atoms with E-state index in [2.05, 4.69) is 20.6 Å². The second kappa shape index (κ2) is 14.8. The van der Waals surface area contributed by atoms with Crippen molar-refractivity contribution in [2.24, 2.45) is 0 Å². The fourth-order valence-electron chi connectivity index (χ4n) is 5.11. The first-order valence-electron chi connectivity index (χ1n) is 13.6. The first-order chi connectivity index (χ1) is 19.8. The summed E-state index contributed by atoms with van der Waals surface area (Å²) in [5, 5.41) is 10.2. The number of ether oxygens (including phenoxy) is 2. The Morgan fingerprint density at radius 3 is 2.39 bits per heavy atom. The van der Waals surface area contributed by atoms with E-state index in [0.29, 0.717) is 34.9 Å². The molecule has 0 unspecified atom stereocenters. The topological polar surface area (TPSA) is 121 Å². The number of likely N-dealkylation sites (N-methyl/N-ethyl adjacent to an activating group) is 1. The quantitative estimate of drug-likeness (QED) is 0.435. The van der Waals surface area contributed by atoms with E-state index in [4.69, 9.17) is 9.47 Å². The molecular weight excluding hydrogens is 630 g/mol. The molecule has 0 saturated carbocycles. The highest BCUT2D eigenvalue weighted by Crippen LogP contribution is 2.36. The fraction of sp³-hybridized carbons (Fsp3) is 0.556. The lowest BCUT2D eigenvalue weighted by molar-refractivity contribution is -0.170. The highest BCUT2D eigenvalue weighted by Gasteiger charge is 2.44. The van der Waals surface area contributed by atoms with E-state index in [-0.39, 0.29) is 61.6 Å². The van der Waals surface area contributed by atoms with Crippen molar-refractivity contribution in [3.63, 3.8) is 0 Å². The Hall–Kier alpha value is -3.11. The molecule has 2 aliphatic rings. The number of carbonyl (C=O) groups excluding carboxylic acids is 3. The zero-order valence-corrected chi connectivity index (χ0v) is 26.7. The summed E-state index contributed by atoms with van der Waals surface area (Å²) in [6.07, 6.45) is -5.92. The Balaban J connectivity index is 0.00000337. The van der Waals surface area contributed by atoms with Crippen molar-refractivity contribution in [1.29, 1.82) is 0 Å². The average Bonchev–Trinajstić information content (AvgIpc) is 3.46. The largest absolute Gasteiger partial charge is 0.471 e. The Bertz CT molecular complexity index is 1350. The molecule has 12 nitrogen and oxygen atoms in total. The first-order valence-corrected chi connectivity index (χ1v) is 13.6. The minimum atomic E-state index is -5.19. The molecule has 0 spiro atoms. The third-order valence-corrected chi connectivity index (χ3v) is 7.35. The molecule has 0 bridgehead atoms. The molecule has 1 aromatic heterocycles. The van der Waals surface area contributed by atoms with E-state index >= 15 is 0 Å². The van der Waals surface area contributed by atoms with E-state index in [1.807, 2.05) is 25.8 Å². The van der Waals surface area contributed by atoms with Crippen LogP contribution in [-0.2, 0) is 26.4 Å². The molecule has 1 saturated heterocycles. The maximum atomic E-state index is 13.7. The number of benzene rings is 1. The van der Waals surface area contributed by atoms with Gasteiger partial charge in [0.05, 0.1) is 35.7 Å². The van der Waals surface area contributed by atoms with Crippen LogP contribution in [0.5, 0.6) is 0 Å². The summed E-state index contributed by atoms with van der Waals surface area (Å²) in [4.78, 5) is 43.6. The minimum absolute atomic E-state index is 0. The van der Waals surface area contributed by atoms with Crippen molar-refractivity contribution >= 4 is 59.9 Å². The van der Waals surface area contributed by atoms with Crippen LogP contribution < -0.4 is 20.4 Å². The van der Waals surface area contributed by atoms with Gasteiger partial charge in [-0.2, -0.15) is 17.9 Å². The van der Waals surface area contributed by atoms with Gasteiger partial charge in [-0.15, -0.1) is 29.9 Å². The molecule has 4 rings (SSSR count). The Labute approximate surface area is 266 Å². The molecule has 1 aromatic carbocycles. The number of carbonyl (C=O) groups is 3. The van der Waals surface area contributed by atoms with Crippen LogP contribution in [0.2, 0.25) is 0 Å². The molecule has 0 radical (unpaired) electrons. The van der Waals surface area contributed by atoms with Gasteiger partial charge < -0.3 is 34.8 Å². The van der Waals surface area contributed by atoms with E-state index in [1.165, 1.54) is 19.2 Å². The van der Waals surface area contributed by atoms with Crippen LogP contribution in [0.4, 0.5) is 35.2 Å². The molecule has 2 aliphatic heterocycles. The molecule has 2 amide bonds. The zero-order valence-electron chi connectivity index (χ0n) is 25.1. The predicted molar refractivity (Wildman–Crippen MR) is 163 cm³/mol. The molecule has 0 aliphatic carbocycles. The summed E-state index contributed by atoms with van der Waals surface area (Å²) in [5.74, 6) is -2.86. The highest BCUT2D eigenvalue weighted by atomic mass is 35.5. The van der Waals surface area contributed by atoms with Crippen LogP contribution in [-0.4, -0.2) is 98.9 Å². The molecule has 2 N–H and O–H groups in total. The van der Waals surface area contributed by atoms with Crippen molar-refractivity contribution in [2.45, 2.75) is 39.0 Å². The van der Waals surface area contributed by atoms with E-state index in [1.54, 1.807) is 13.0 Å². The summed E-state index contributed by atoms with van der Waals surface area (Å²) in [6.45, 7) is 7.80. The maximum Gasteiger partial charge on any atom is 0.471 e. The van der Waals surface area contributed by atoms with E-state index in [9.17, 15) is 27.6 Å². The molecule has 3 heterocycles. The third-order valence-electron chi connectivity index (χ3n) is 7.35. The summed E-state index contributed by atoms with van der Waals surface area (Å²) in [5.41, 5.74) is 0.541. The van der Waals surface area contributed by atoms with Crippen LogP contribution in [0, 0.1) is 0 Å². The van der Waals surface area contributed by atoms with Gasteiger partial charge in [-0.1, -0.05) is 0 Å². The van der Waals surface area contributed by atoms with Gasteiger partial charge >= 0.3 is 18.2 Å².